The van der Waals surface area contributed by atoms with Gasteiger partial charge in [0.15, 0.2) is 0 Å². The van der Waals surface area contributed by atoms with E-state index in [4.69, 9.17) is 4.74 Å². The van der Waals surface area contributed by atoms with Gasteiger partial charge in [0.25, 0.3) is 5.91 Å². The highest BCUT2D eigenvalue weighted by Gasteiger charge is 2.35. The standard InChI is InChI=1S/C23H23N3O2S/c1-28-18-10-6-5-9-16(18)21-24-22(27)20-17-11-12-26(13-15-7-3-2-4-8-15)14-19(17)29-23(20)25-21/h2-10,21,25H,11-14H2,1H3,(H,24,27)/p+1/t21-/m0/s1. The van der Waals surface area contributed by atoms with Crippen molar-refractivity contribution in [3.63, 3.8) is 0 Å². The summed E-state index contributed by atoms with van der Waals surface area (Å²) in [5.74, 6) is 0.784. The van der Waals surface area contributed by atoms with E-state index in [-0.39, 0.29) is 12.1 Å². The van der Waals surface area contributed by atoms with Gasteiger partial charge in [-0.2, -0.15) is 0 Å². The number of rotatable bonds is 4. The number of quaternary nitrogens is 1. The van der Waals surface area contributed by atoms with Crippen molar-refractivity contribution in [2.45, 2.75) is 25.7 Å². The van der Waals surface area contributed by atoms with Crippen LogP contribution < -0.4 is 20.3 Å². The smallest absolute Gasteiger partial charge is 0.256 e. The minimum absolute atomic E-state index is 0.0127. The van der Waals surface area contributed by atoms with Crippen molar-refractivity contribution in [2.75, 3.05) is 19.0 Å². The second-order valence-electron chi connectivity index (χ2n) is 7.59. The monoisotopic (exact) mass is 406 g/mol. The minimum Gasteiger partial charge on any atom is -0.496 e. The average Bonchev–Trinajstić information content (AvgIpc) is 3.12. The van der Waals surface area contributed by atoms with E-state index >= 15 is 0 Å². The lowest BCUT2D eigenvalue weighted by Crippen LogP contribution is -3.10. The molecule has 1 aromatic heterocycles. The van der Waals surface area contributed by atoms with Gasteiger partial charge in [-0.25, -0.2) is 0 Å². The molecule has 5 rings (SSSR count). The number of nitrogens with one attached hydrogen (secondary N) is 3. The molecule has 29 heavy (non-hydrogen) atoms. The minimum atomic E-state index is -0.279. The summed E-state index contributed by atoms with van der Waals surface area (Å²) >= 11 is 1.73. The predicted molar refractivity (Wildman–Crippen MR) is 115 cm³/mol. The van der Waals surface area contributed by atoms with E-state index in [2.05, 4.69) is 41.0 Å². The third-order valence-corrected chi connectivity index (χ3v) is 6.92. The Morgan fingerprint density at radius 3 is 2.72 bits per heavy atom. The first-order valence-electron chi connectivity index (χ1n) is 9.95. The van der Waals surface area contributed by atoms with Crippen LogP contribution in [0, 0.1) is 0 Å². The Hall–Kier alpha value is -2.83. The molecule has 0 bridgehead atoms. The lowest BCUT2D eigenvalue weighted by Gasteiger charge is -2.28. The second kappa shape index (κ2) is 7.54. The van der Waals surface area contributed by atoms with Crippen LogP contribution in [-0.4, -0.2) is 19.6 Å². The molecule has 2 aromatic carbocycles. The average molecular weight is 407 g/mol. The Bertz CT molecular complexity index is 1050. The van der Waals surface area contributed by atoms with Crippen molar-refractivity contribution >= 4 is 22.2 Å². The Morgan fingerprint density at radius 2 is 1.90 bits per heavy atom. The number of amides is 1. The summed E-state index contributed by atoms with van der Waals surface area (Å²) in [4.78, 5) is 15.9. The molecular formula is C23H24N3O2S+. The Morgan fingerprint density at radius 1 is 1.10 bits per heavy atom. The third kappa shape index (κ3) is 3.39. The van der Waals surface area contributed by atoms with Crippen LogP contribution in [0.2, 0.25) is 0 Å². The zero-order chi connectivity index (χ0) is 19.8. The molecule has 0 spiro atoms. The van der Waals surface area contributed by atoms with Crippen molar-refractivity contribution in [2.24, 2.45) is 0 Å². The van der Waals surface area contributed by atoms with Gasteiger partial charge in [-0.1, -0.05) is 48.5 Å². The molecule has 3 N–H and O–H groups in total. The lowest BCUT2D eigenvalue weighted by atomic mass is 10.00. The van der Waals surface area contributed by atoms with Gasteiger partial charge in [-0.15, -0.1) is 11.3 Å². The van der Waals surface area contributed by atoms with Crippen molar-refractivity contribution in [1.29, 1.82) is 0 Å². The molecule has 2 aliphatic rings. The first-order chi connectivity index (χ1) is 14.2. The summed E-state index contributed by atoms with van der Waals surface area (Å²) in [6.07, 6.45) is 0.664. The maximum Gasteiger partial charge on any atom is 0.256 e. The first-order valence-corrected chi connectivity index (χ1v) is 10.8. The van der Waals surface area contributed by atoms with Gasteiger partial charge in [0, 0.05) is 17.5 Å². The Kier molecular flexibility index (Phi) is 4.73. The van der Waals surface area contributed by atoms with Crippen LogP contribution in [0.5, 0.6) is 5.75 Å². The van der Waals surface area contributed by atoms with E-state index < -0.39 is 0 Å². The summed E-state index contributed by atoms with van der Waals surface area (Å²) in [7, 11) is 1.66. The van der Waals surface area contributed by atoms with E-state index in [1.807, 2.05) is 24.3 Å². The quantitative estimate of drug-likeness (QED) is 0.625. The summed E-state index contributed by atoms with van der Waals surface area (Å²) in [5.41, 5.74) is 4.37. The second-order valence-corrected chi connectivity index (χ2v) is 8.70. The van der Waals surface area contributed by atoms with Gasteiger partial charge in [0.05, 0.1) is 24.1 Å². The highest BCUT2D eigenvalue weighted by molar-refractivity contribution is 7.16. The number of hydrogen-bond acceptors (Lipinski definition) is 4. The highest BCUT2D eigenvalue weighted by Crippen LogP contribution is 2.40. The van der Waals surface area contributed by atoms with Crippen LogP contribution in [0.1, 0.15) is 38.1 Å². The molecule has 2 atom stereocenters. The van der Waals surface area contributed by atoms with Crippen LogP contribution in [0.25, 0.3) is 0 Å². The number of carbonyl (C=O) groups excluding carboxylic acids is 1. The predicted octanol–water partition coefficient (Wildman–Crippen LogP) is 2.75. The van der Waals surface area contributed by atoms with Gasteiger partial charge in [-0.05, 0) is 11.6 Å². The highest BCUT2D eigenvalue weighted by atomic mass is 32.1. The molecule has 6 heteroatoms. The van der Waals surface area contributed by atoms with Gasteiger partial charge < -0.3 is 20.3 Å². The van der Waals surface area contributed by atoms with E-state index in [0.29, 0.717) is 0 Å². The molecule has 0 fully saturated rings. The number of anilines is 1. The van der Waals surface area contributed by atoms with Crippen molar-refractivity contribution in [3.8, 4) is 5.75 Å². The molecule has 0 saturated heterocycles. The fourth-order valence-electron chi connectivity index (χ4n) is 4.34. The van der Waals surface area contributed by atoms with Crippen molar-refractivity contribution in [1.82, 2.24) is 5.32 Å². The fourth-order valence-corrected chi connectivity index (χ4v) is 5.69. The Labute approximate surface area is 174 Å². The molecule has 1 unspecified atom stereocenters. The van der Waals surface area contributed by atoms with E-state index in [1.54, 1.807) is 23.3 Å². The SMILES string of the molecule is COc1ccccc1[C@H]1NC(=O)c2c(sc3c2CC[NH+](Cc2ccccc2)C3)N1. The van der Waals surface area contributed by atoms with Crippen LogP contribution in [0.3, 0.4) is 0 Å². The number of methoxy groups -OCH3 is 1. The zero-order valence-corrected chi connectivity index (χ0v) is 17.1. The van der Waals surface area contributed by atoms with E-state index in [9.17, 15) is 4.79 Å². The molecule has 5 nitrogen and oxygen atoms in total. The van der Waals surface area contributed by atoms with Crippen molar-refractivity contribution in [3.05, 3.63) is 81.7 Å². The molecule has 0 radical (unpaired) electrons. The van der Waals surface area contributed by atoms with Crippen LogP contribution in [-0.2, 0) is 19.5 Å². The van der Waals surface area contributed by atoms with Gasteiger partial charge in [-0.3, -0.25) is 4.79 Å². The van der Waals surface area contributed by atoms with Crippen LogP contribution in [0.15, 0.2) is 54.6 Å². The zero-order valence-electron chi connectivity index (χ0n) is 16.3. The molecule has 0 aliphatic carbocycles. The molecule has 2 aliphatic heterocycles. The first kappa shape index (κ1) is 18.2. The molecule has 1 amide bonds. The molecule has 3 heterocycles. The summed E-state index contributed by atoms with van der Waals surface area (Å²) < 4.78 is 5.48. The number of fused-ring (bicyclic) bond motifs is 3. The summed E-state index contributed by atoms with van der Waals surface area (Å²) in [6, 6.07) is 18.4. The van der Waals surface area contributed by atoms with E-state index in [0.717, 1.165) is 47.9 Å². The Balaban J connectivity index is 1.40. The van der Waals surface area contributed by atoms with Crippen LogP contribution >= 0.6 is 11.3 Å². The molecule has 0 saturated carbocycles. The maximum atomic E-state index is 13.0. The normalized spacial score (nSPS) is 20.2. The maximum absolute atomic E-state index is 13.0. The third-order valence-electron chi connectivity index (χ3n) is 5.75. The van der Waals surface area contributed by atoms with Gasteiger partial charge >= 0.3 is 0 Å². The topological polar surface area (TPSA) is 54.8 Å². The van der Waals surface area contributed by atoms with Crippen molar-refractivity contribution < 1.29 is 14.4 Å². The van der Waals surface area contributed by atoms with Crippen LogP contribution in [0.4, 0.5) is 5.00 Å². The molecule has 148 valence electrons. The summed E-state index contributed by atoms with van der Waals surface area (Å²) in [6.45, 7) is 3.04. The lowest BCUT2D eigenvalue weighted by molar-refractivity contribution is -0.929. The number of ether oxygens (including phenoxy) is 1. The van der Waals surface area contributed by atoms with Gasteiger partial charge in [0.1, 0.15) is 30.0 Å². The fraction of sp³-hybridized carbons (Fsp3) is 0.261. The number of hydrogen-bond donors (Lipinski definition) is 3. The number of carbonyl (C=O) groups is 1. The number of benzene rings is 2. The molecule has 3 aromatic rings. The number of para-hydroxylation sites is 1. The molecular weight excluding hydrogens is 382 g/mol. The van der Waals surface area contributed by atoms with E-state index in [1.165, 1.54) is 16.0 Å². The number of thiophene rings is 1. The summed E-state index contributed by atoms with van der Waals surface area (Å²) in [5, 5.41) is 7.64. The largest absolute Gasteiger partial charge is 0.496 e. The van der Waals surface area contributed by atoms with Gasteiger partial charge in [0.2, 0.25) is 0 Å².